The average Bonchev–Trinajstić information content (AvgIpc) is 2.88. The number of rotatable bonds is 7. The van der Waals surface area contributed by atoms with Gasteiger partial charge in [0.05, 0.1) is 4.90 Å². The summed E-state index contributed by atoms with van der Waals surface area (Å²) >= 11 is 0. The fourth-order valence-corrected chi connectivity index (χ4v) is 4.47. The molecule has 0 radical (unpaired) electrons. The van der Waals surface area contributed by atoms with Crippen molar-refractivity contribution in [3.63, 3.8) is 0 Å². The van der Waals surface area contributed by atoms with E-state index in [9.17, 15) is 13.2 Å². The smallest absolute Gasteiger partial charge is 0.175 e. The van der Waals surface area contributed by atoms with Crippen LogP contribution in [0.2, 0.25) is 0 Å². The molecule has 1 fully saturated rings. The van der Waals surface area contributed by atoms with Crippen molar-refractivity contribution < 1.29 is 13.2 Å². The summed E-state index contributed by atoms with van der Waals surface area (Å²) in [4.78, 5) is 17.6. The third kappa shape index (κ3) is 6.23. The second kappa shape index (κ2) is 9.65. The molecule has 2 aromatic rings. The van der Waals surface area contributed by atoms with Crippen LogP contribution in [-0.4, -0.2) is 62.5 Å². The highest BCUT2D eigenvalue weighted by Crippen LogP contribution is 2.17. The lowest BCUT2D eigenvalue weighted by Gasteiger charge is -2.29. The largest absolute Gasteiger partial charge is 0.301 e. The first-order valence-corrected chi connectivity index (χ1v) is 12.1. The monoisotopic (exact) mass is 414 g/mol. The molecule has 6 heteroatoms. The molecule has 1 unspecified atom stereocenters. The molecule has 0 bridgehead atoms. The first-order valence-electron chi connectivity index (χ1n) is 10.2. The third-order valence-electron chi connectivity index (χ3n) is 5.55. The number of benzene rings is 2. The molecule has 0 N–H and O–H groups in total. The van der Waals surface area contributed by atoms with E-state index in [-0.39, 0.29) is 5.78 Å². The van der Waals surface area contributed by atoms with Crippen molar-refractivity contribution >= 4 is 15.6 Å². The Morgan fingerprint density at radius 1 is 1.03 bits per heavy atom. The fraction of sp³-hybridized carbons (Fsp3) is 0.435. The maximum absolute atomic E-state index is 12.4. The van der Waals surface area contributed by atoms with Crippen molar-refractivity contribution in [2.24, 2.45) is 0 Å². The number of Topliss-reactive ketones (excluding diaryl/α,β-unsaturated/α-hetero) is 1. The van der Waals surface area contributed by atoms with E-state index in [2.05, 4.69) is 16.7 Å². The highest BCUT2D eigenvalue weighted by molar-refractivity contribution is 7.90. The number of hydrogen-bond donors (Lipinski definition) is 0. The van der Waals surface area contributed by atoms with E-state index in [0.29, 0.717) is 17.4 Å². The van der Waals surface area contributed by atoms with Crippen LogP contribution in [0.5, 0.6) is 0 Å². The van der Waals surface area contributed by atoms with Gasteiger partial charge in [0.15, 0.2) is 15.6 Å². The van der Waals surface area contributed by atoms with Crippen LogP contribution in [-0.2, 0) is 16.4 Å². The molecule has 0 amide bonds. The highest BCUT2D eigenvalue weighted by Gasteiger charge is 2.22. The van der Waals surface area contributed by atoms with Crippen LogP contribution in [0.25, 0.3) is 0 Å². The number of carbonyl (C=O) groups excluding carboxylic acids is 1. The molecule has 1 heterocycles. The van der Waals surface area contributed by atoms with Gasteiger partial charge in [-0.15, -0.1) is 0 Å². The second-order valence-corrected chi connectivity index (χ2v) is 9.94. The molecular formula is C23H30N2O3S. The van der Waals surface area contributed by atoms with Crippen molar-refractivity contribution in [2.75, 3.05) is 32.4 Å². The van der Waals surface area contributed by atoms with E-state index < -0.39 is 9.84 Å². The van der Waals surface area contributed by atoms with Crippen molar-refractivity contribution in [3.8, 4) is 0 Å². The van der Waals surface area contributed by atoms with Crippen molar-refractivity contribution in [1.82, 2.24) is 9.80 Å². The van der Waals surface area contributed by atoms with Crippen molar-refractivity contribution in [3.05, 3.63) is 65.7 Å². The summed E-state index contributed by atoms with van der Waals surface area (Å²) in [6.45, 7) is 6.75. The lowest BCUT2D eigenvalue weighted by Crippen LogP contribution is -2.39. The van der Waals surface area contributed by atoms with Gasteiger partial charge in [0.25, 0.3) is 0 Å². The quantitative estimate of drug-likeness (QED) is 0.651. The lowest BCUT2D eigenvalue weighted by molar-refractivity contribution is 0.0960. The lowest BCUT2D eigenvalue weighted by atomic mass is 10.1. The predicted molar refractivity (Wildman–Crippen MR) is 116 cm³/mol. The average molecular weight is 415 g/mol. The summed E-state index contributed by atoms with van der Waals surface area (Å²) in [5.74, 6) is 0.199. The molecule has 5 nitrogen and oxygen atoms in total. The maximum Gasteiger partial charge on any atom is 0.175 e. The van der Waals surface area contributed by atoms with Gasteiger partial charge in [0.2, 0.25) is 0 Å². The van der Waals surface area contributed by atoms with E-state index in [1.807, 2.05) is 42.5 Å². The van der Waals surface area contributed by atoms with E-state index in [1.54, 1.807) is 12.1 Å². The SMILES string of the molecule is CC1CN(CCC(=O)c2ccccc2)CCCN1Cc1ccc(S(C)(=O)=O)cc1. The van der Waals surface area contributed by atoms with E-state index in [4.69, 9.17) is 0 Å². The predicted octanol–water partition coefficient (Wildman–Crippen LogP) is 3.26. The Labute approximate surface area is 174 Å². The summed E-state index contributed by atoms with van der Waals surface area (Å²) in [6.07, 6.45) is 2.84. The number of nitrogens with zero attached hydrogens (tertiary/aromatic N) is 2. The van der Waals surface area contributed by atoms with Gasteiger partial charge in [-0.1, -0.05) is 42.5 Å². The molecule has 156 valence electrons. The zero-order chi connectivity index (χ0) is 20.9. The number of hydrogen-bond acceptors (Lipinski definition) is 5. The van der Waals surface area contributed by atoms with Gasteiger partial charge in [-0.05, 0) is 37.6 Å². The number of ketones is 1. The minimum Gasteiger partial charge on any atom is -0.301 e. The van der Waals surface area contributed by atoms with Gasteiger partial charge in [0.1, 0.15) is 0 Å². The number of sulfone groups is 1. The fourth-order valence-electron chi connectivity index (χ4n) is 3.84. The van der Waals surface area contributed by atoms with Gasteiger partial charge >= 0.3 is 0 Å². The van der Waals surface area contributed by atoms with Crippen LogP contribution >= 0.6 is 0 Å². The minimum absolute atomic E-state index is 0.199. The zero-order valence-corrected chi connectivity index (χ0v) is 18.1. The Bertz CT molecular complexity index is 911. The first-order chi connectivity index (χ1) is 13.8. The van der Waals surface area contributed by atoms with Crippen LogP contribution in [0, 0.1) is 0 Å². The molecule has 1 aliphatic rings. The molecular weight excluding hydrogens is 384 g/mol. The maximum atomic E-state index is 12.4. The first kappa shape index (κ1) is 21.7. The van der Waals surface area contributed by atoms with Crippen LogP contribution in [0.4, 0.5) is 0 Å². The summed E-state index contributed by atoms with van der Waals surface area (Å²) in [5.41, 5.74) is 1.91. The van der Waals surface area contributed by atoms with Crippen LogP contribution < -0.4 is 0 Å². The van der Waals surface area contributed by atoms with Gasteiger partial charge in [-0.2, -0.15) is 0 Å². The topological polar surface area (TPSA) is 57.7 Å². The summed E-state index contributed by atoms with van der Waals surface area (Å²) in [5, 5.41) is 0. The molecule has 0 aromatic heterocycles. The highest BCUT2D eigenvalue weighted by atomic mass is 32.2. The van der Waals surface area contributed by atoms with Gasteiger partial charge < -0.3 is 4.90 Å². The Hall–Kier alpha value is -2.02. The van der Waals surface area contributed by atoms with Crippen LogP contribution in [0.1, 0.15) is 35.7 Å². The molecule has 0 spiro atoms. The van der Waals surface area contributed by atoms with Crippen LogP contribution in [0.3, 0.4) is 0 Å². The Morgan fingerprint density at radius 3 is 2.38 bits per heavy atom. The van der Waals surface area contributed by atoms with E-state index in [1.165, 1.54) is 6.26 Å². The second-order valence-electron chi connectivity index (χ2n) is 7.93. The molecule has 1 aliphatic heterocycles. The standard InChI is InChI=1S/C23H30N2O3S/c1-19-17-24(16-13-23(26)21-7-4-3-5-8-21)14-6-15-25(19)18-20-9-11-22(12-10-20)29(2,27)28/h3-5,7-12,19H,6,13-18H2,1-2H3. The Morgan fingerprint density at radius 2 is 1.72 bits per heavy atom. The molecule has 3 rings (SSSR count). The molecule has 0 saturated carbocycles. The van der Waals surface area contributed by atoms with Gasteiger partial charge in [-0.25, -0.2) is 8.42 Å². The third-order valence-corrected chi connectivity index (χ3v) is 6.68. The van der Waals surface area contributed by atoms with Crippen molar-refractivity contribution in [2.45, 2.75) is 37.2 Å². The molecule has 1 atom stereocenters. The van der Waals surface area contributed by atoms with Gasteiger partial charge in [-0.3, -0.25) is 9.69 Å². The molecule has 29 heavy (non-hydrogen) atoms. The summed E-state index contributed by atoms with van der Waals surface area (Å²) in [6, 6.07) is 17.1. The Balaban J connectivity index is 1.53. The van der Waals surface area contributed by atoms with Crippen molar-refractivity contribution in [1.29, 1.82) is 0 Å². The summed E-state index contributed by atoms with van der Waals surface area (Å²) < 4.78 is 23.3. The zero-order valence-electron chi connectivity index (χ0n) is 17.3. The molecule has 1 saturated heterocycles. The number of carbonyl (C=O) groups is 1. The molecule has 2 aromatic carbocycles. The van der Waals surface area contributed by atoms with Gasteiger partial charge in [0, 0.05) is 50.5 Å². The van der Waals surface area contributed by atoms with E-state index >= 15 is 0 Å². The Kier molecular flexibility index (Phi) is 7.22. The molecule has 0 aliphatic carbocycles. The normalized spacial score (nSPS) is 19.0. The van der Waals surface area contributed by atoms with E-state index in [0.717, 1.165) is 50.3 Å². The van der Waals surface area contributed by atoms with Crippen LogP contribution in [0.15, 0.2) is 59.5 Å². The minimum atomic E-state index is -3.16. The summed E-state index contributed by atoms with van der Waals surface area (Å²) in [7, 11) is -3.16.